The van der Waals surface area contributed by atoms with Gasteiger partial charge in [0.05, 0.1) is 6.04 Å². The Morgan fingerprint density at radius 3 is 2.65 bits per heavy atom. The number of hydrogen-bond donors (Lipinski definition) is 1. The van der Waals surface area contributed by atoms with Crippen LogP contribution in [0.2, 0.25) is 0 Å². The van der Waals surface area contributed by atoms with Gasteiger partial charge >= 0.3 is 12.0 Å². The molecule has 1 aromatic rings. The molecule has 1 aromatic heterocycles. The van der Waals surface area contributed by atoms with E-state index < -0.39 is 11.8 Å². The number of hydrogen-bond acceptors (Lipinski definition) is 4. The maximum absolute atomic E-state index is 12.4. The van der Waals surface area contributed by atoms with Crippen molar-refractivity contribution in [3.05, 3.63) is 22.4 Å². The van der Waals surface area contributed by atoms with Crippen molar-refractivity contribution in [3.63, 3.8) is 0 Å². The molecular weight excluding hydrogens is 276 g/mol. The number of thiophene rings is 1. The van der Waals surface area contributed by atoms with E-state index >= 15 is 0 Å². The second-order valence-corrected chi connectivity index (χ2v) is 7.52. The molecule has 0 saturated carbocycles. The smallest absolute Gasteiger partial charge is 0.336 e. The van der Waals surface area contributed by atoms with Crippen LogP contribution < -0.4 is 5.32 Å². The largest absolute Gasteiger partial charge is 0.439 e. The van der Waals surface area contributed by atoms with Crippen molar-refractivity contribution in [2.24, 2.45) is 5.41 Å². The zero-order chi connectivity index (χ0) is 14.7. The molecule has 1 N–H and O–H groups in total. The Labute approximate surface area is 121 Å². The summed E-state index contributed by atoms with van der Waals surface area (Å²) in [5.41, 5.74) is -1.30. The van der Waals surface area contributed by atoms with Crippen molar-refractivity contribution in [1.29, 1.82) is 0 Å². The SMILES string of the molecule is CC(C)(C)[C@@H]1OC(=O)[C@@]2(C)[C@@H](c3cccs3)NC(=O)N12. The first kappa shape index (κ1) is 13.4. The van der Waals surface area contributed by atoms with Crippen LogP contribution in [0.3, 0.4) is 0 Å². The number of nitrogens with one attached hydrogen (secondary N) is 1. The fourth-order valence-electron chi connectivity index (χ4n) is 2.89. The zero-order valence-electron chi connectivity index (χ0n) is 12.0. The van der Waals surface area contributed by atoms with Crippen molar-refractivity contribution in [2.75, 3.05) is 0 Å². The number of amides is 2. The summed E-state index contributed by atoms with van der Waals surface area (Å²) in [6.45, 7) is 7.66. The van der Waals surface area contributed by atoms with Gasteiger partial charge in [-0.25, -0.2) is 9.59 Å². The Kier molecular flexibility index (Phi) is 2.67. The lowest BCUT2D eigenvalue weighted by atomic mass is 9.89. The van der Waals surface area contributed by atoms with E-state index in [-0.39, 0.29) is 23.5 Å². The van der Waals surface area contributed by atoms with Crippen LogP contribution in [0.4, 0.5) is 4.79 Å². The molecule has 2 fully saturated rings. The third-order valence-corrected chi connectivity index (χ3v) is 4.92. The fourth-order valence-corrected chi connectivity index (χ4v) is 3.79. The zero-order valence-corrected chi connectivity index (χ0v) is 12.8. The van der Waals surface area contributed by atoms with Crippen LogP contribution in [-0.2, 0) is 9.53 Å². The molecule has 2 saturated heterocycles. The van der Waals surface area contributed by atoms with Crippen LogP contribution in [0.15, 0.2) is 17.5 Å². The molecule has 0 radical (unpaired) electrons. The molecular formula is C14H18N2O3S. The van der Waals surface area contributed by atoms with Crippen LogP contribution in [0, 0.1) is 5.41 Å². The van der Waals surface area contributed by atoms with Crippen LogP contribution in [0.25, 0.3) is 0 Å². The van der Waals surface area contributed by atoms with E-state index in [1.165, 1.54) is 11.3 Å². The van der Waals surface area contributed by atoms with Crippen molar-refractivity contribution in [2.45, 2.75) is 45.5 Å². The summed E-state index contributed by atoms with van der Waals surface area (Å²) in [6.07, 6.45) is -0.537. The Hall–Kier alpha value is -1.56. The fraction of sp³-hybridized carbons (Fsp3) is 0.571. The molecule has 2 aliphatic rings. The number of carbonyl (C=O) groups excluding carboxylic acids is 2. The molecule has 2 amide bonds. The average Bonchev–Trinajstić information content (AvgIpc) is 2.98. The van der Waals surface area contributed by atoms with E-state index in [0.717, 1.165) is 4.88 Å². The van der Waals surface area contributed by atoms with Gasteiger partial charge in [0.1, 0.15) is 0 Å². The maximum Gasteiger partial charge on any atom is 0.336 e. The number of nitrogens with zero attached hydrogens (tertiary/aromatic N) is 1. The molecule has 0 bridgehead atoms. The highest BCUT2D eigenvalue weighted by molar-refractivity contribution is 7.10. The van der Waals surface area contributed by atoms with Crippen molar-refractivity contribution >= 4 is 23.3 Å². The molecule has 2 aliphatic heterocycles. The predicted octanol–water partition coefficient (Wildman–Crippen LogP) is 2.50. The number of ether oxygens (including phenoxy) is 1. The first-order valence-corrected chi connectivity index (χ1v) is 7.48. The van der Waals surface area contributed by atoms with Gasteiger partial charge in [0.2, 0.25) is 0 Å². The summed E-state index contributed by atoms with van der Waals surface area (Å²) in [7, 11) is 0. The van der Waals surface area contributed by atoms with Crippen LogP contribution >= 0.6 is 11.3 Å². The van der Waals surface area contributed by atoms with Gasteiger partial charge in [0, 0.05) is 10.3 Å². The topological polar surface area (TPSA) is 58.6 Å². The van der Waals surface area contributed by atoms with E-state index in [4.69, 9.17) is 4.74 Å². The highest BCUT2D eigenvalue weighted by atomic mass is 32.1. The standard InChI is InChI=1S/C14H18N2O3S/c1-13(2,3)10-16-12(18)15-9(8-6-5-7-20-8)14(16,4)11(17)19-10/h5-7,9-10H,1-4H3,(H,15,18)/t9-,10+,14-/m1/s1. The molecule has 108 valence electrons. The molecule has 0 spiro atoms. The summed E-state index contributed by atoms with van der Waals surface area (Å²) in [6, 6.07) is 3.26. The van der Waals surface area contributed by atoms with E-state index in [2.05, 4.69) is 5.32 Å². The summed E-state index contributed by atoms with van der Waals surface area (Å²) < 4.78 is 5.53. The van der Waals surface area contributed by atoms with Gasteiger partial charge < -0.3 is 10.1 Å². The van der Waals surface area contributed by atoms with Gasteiger partial charge in [-0.15, -0.1) is 11.3 Å². The monoisotopic (exact) mass is 294 g/mol. The van der Waals surface area contributed by atoms with Gasteiger partial charge in [-0.3, -0.25) is 4.90 Å². The van der Waals surface area contributed by atoms with E-state index in [1.807, 2.05) is 38.3 Å². The van der Waals surface area contributed by atoms with Gasteiger partial charge in [-0.1, -0.05) is 26.8 Å². The molecule has 3 atom stereocenters. The van der Waals surface area contributed by atoms with Gasteiger partial charge in [0.25, 0.3) is 0 Å². The number of carbonyl (C=O) groups is 2. The quantitative estimate of drug-likeness (QED) is 0.810. The second kappa shape index (κ2) is 3.97. The molecule has 5 nitrogen and oxygen atoms in total. The minimum Gasteiger partial charge on any atom is -0.439 e. The molecule has 0 unspecified atom stereocenters. The molecule has 0 aliphatic carbocycles. The van der Waals surface area contributed by atoms with Crippen molar-refractivity contribution < 1.29 is 14.3 Å². The third kappa shape index (κ3) is 1.60. The van der Waals surface area contributed by atoms with Crippen LogP contribution in [0.5, 0.6) is 0 Å². The number of esters is 1. The Balaban J connectivity index is 2.07. The average molecular weight is 294 g/mol. The number of urea groups is 1. The van der Waals surface area contributed by atoms with Crippen molar-refractivity contribution in [1.82, 2.24) is 10.2 Å². The van der Waals surface area contributed by atoms with Gasteiger partial charge in [-0.2, -0.15) is 0 Å². The summed E-state index contributed by atoms with van der Waals surface area (Å²) >= 11 is 1.53. The lowest BCUT2D eigenvalue weighted by Gasteiger charge is -2.33. The number of rotatable bonds is 1. The number of fused-ring (bicyclic) bond motifs is 1. The molecule has 6 heteroatoms. The van der Waals surface area contributed by atoms with E-state index in [9.17, 15) is 9.59 Å². The highest BCUT2D eigenvalue weighted by Gasteiger charge is 2.66. The van der Waals surface area contributed by atoms with E-state index in [1.54, 1.807) is 11.8 Å². The Bertz CT molecular complexity index is 563. The molecule has 0 aromatic carbocycles. The van der Waals surface area contributed by atoms with Crippen molar-refractivity contribution in [3.8, 4) is 0 Å². The minimum atomic E-state index is -0.972. The maximum atomic E-state index is 12.4. The van der Waals surface area contributed by atoms with E-state index in [0.29, 0.717) is 0 Å². The molecule has 3 rings (SSSR count). The lowest BCUT2D eigenvalue weighted by molar-refractivity contribution is -0.149. The minimum absolute atomic E-state index is 0.239. The molecule has 20 heavy (non-hydrogen) atoms. The Morgan fingerprint density at radius 1 is 1.40 bits per heavy atom. The highest BCUT2D eigenvalue weighted by Crippen LogP contribution is 2.48. The van der Waals surface area contributed by atoms with Gasteiger partial charge in [-0.05, 0) is 18.4 Å². The number of cyclic esters (lactones) is 1. The Morgan fingerprint density at radius 2 is 2.10 bits per heavy atom. The summed E-state index contributed by atoms with van der Waals surface area (Å²) in [5, 5.41) is 4.87. The lowest BCUT2D eigenvalue weighted by Crippen LogP contribution is -2.50. The van der Waals surface area contributed by atoms with Gasteiger partial charge in [0.15, 0.2) is 11.8 Å². The molecule has 3 heterocycles. The summed E-state index contributed by atoms with van der Waals surface area (Å²) in [4.78, 5) is 27.3. The predicted molar refractivity (Wildman–Crippen MR) is 75.2 cm³/mol. The second-order valence-electron chi connectivity index (χ2n) is 6.54. The third-order valence-electron chi connectivity index (χ3n) is 3.98. The summed E-state index contributed by atoms with van der Waals surface area (Å²) in [5.74, 6) is -0.339. The first-order chi connectivity index (χ1) is 9.26. The normalized spacial score (nSPS) is 33.1. The first-order valence-electron chi connectivity index (χ1n) is 6.60. The van der Waals surface area contributed by atoms with Crippen LogP contribution in [-0.4, -0.2) is 28.7 Å². The van der Waals surface area contributed by atoms with Crippen LogP contribution in [0.1, 0.15) is 38.6 Å².